The van der Waals surface area contributed by atoms with Gasteiger partial charge in [0.05, 0.1) is 0 Å². The fraction of sp³-hybridized carbons (Fsp3) is 0.0769. The third kappa shape index (κ3) is 3.54. The van der Waals surface area contributed by atoms with E-state index in [-0.39, 0.29) is 11.2 Å². The molecule has 0 aliphatic heterocycles. The van der Waals surface area contributed by atoms with E-state index in [9.17, 15) is 4.39 Å². The lowest BCUT2D eigenvalue weighted by Crippen LogP contribution is -2.15. The zero-order valence-corrected chi connectivity index (χ0v) is 23.0. The van der Waals surface area contributed by atoms with Gasteiger partial charge in [-0.3, -0.25) is 0 Å². The maximum Gasteiger partial charge on any atom is 0.123 e. The van der Waals surface area contributed by atoms with E-state index < -0.39 is 0 Å². The van der Waals surface area contributed by atoms with Crippen LogP contribution in [0, 0.1) is 5.82 Å². The maximum atomic E-state index is 13.9. The van der Waals surface area contributed by atoms with Crippen LogP contribution in [0.5, 0.6) is 0 Å². The van der Waals surface area contributed by atoms with Crippen LogP contribution in [-0.4, -0.2) is 0 Å². The van der Waals surface area contributed by atoms with Crippen LogP contribution in [0.1, 0.15) is 25.0 Å². The third-order valence-electron chi connectivity index (χ3n) is 8.82. The molecule has 1 aliphatic carbocycles. The van der Waals surface area contributed by atoms with Crippen molar-refractivity contribution < 1.29 is 4.39 Å². The molecule has 1 aliphatic rings. The van der Waals surface area contributed by atoms with Crippen molar-refractivity contribution in [3.05, 3.63) is 150 Å². The lowest BCUT2D eigenvalue weighted by molar-refractivity contribution is 0.628. The minimum absolute atomic E-state index is 0.158. The molecular formula is C39H28FN. The van der Waals surface area contributed by atoms with Crippen LogP contribution in [0.4, 0.5) is 21.5 Å². The van der Waals surface area contributed by atoms with Gasteiger partial charge in [-0.25, -0.2) is 4.39 Å². The Morgan fingerprint density at radius 2 is 1.10 bits per heavy atom. The van der Waals surface area contributed by atoms with Gasteiger partial charge in [0.25, 0.3) is 0 Å². The average molecular weight is 530 g/mol. The highest BCUT2D eigenvalue weighted by atomic mass is 19.1. The van der Waals surface area contributed by atoms with Crippen LogP contribution < -0.4 is 4.90 Å². The molecule has 0 N–H and O–H groups in total. The quantitative estimate of drug-likeness (QED) is 0.206. The van der Waals surface area contributed by atoms with Gasteiger partial charge < -0.3 is 4.90 Å². The number of benzene rings is 7. The van der Waals surface area contributed by atoms with Crippen molar-refractivity contribution in [2.24, 2.45) is 0 Å². The number of halogens is 1. The zero-order valence-electron chi connectivity index (χ0n) is 23.0. The normalized spacial score (nSPS) is 13.4. The Hall–Kier alpha value is -4.95. The molecule has 7 aromatic rings. The van der Waals surface area contributed by atoms with E-state index in [0.717, 1.165) is 17.1 Å². The van der Waals surface area contributed by atoms with Gasteiger partial charge in [-0.1, -0.05) is 86.6 Å². The number of hydrogen-bond acceptors (Lipinski definition) is 1. The van der Waals surface area contributed by atoms with Gasteiger partial charge in [0, 0.05) is 22.5 Å². The van der Waals surface area contributed by atoms with E-state index in [2.05, 4.69) is 110 Å². The van der Waals surface area contributed by atoms with Crippen molar-refractivity contribution in [1.82, 2.24) is 0 Å². The second kappa shape index (κ2) is 8.78. The minimum atomic E-state index is -0.238. The second-order valence-corrected chi connectivity index (χ2v) is 11.5. The van der Waals surface area contributed by atoms with Crippen molar-refractivity contribution in [2.75, 3.05) is 4.90 Å². The van der Waals surface area contributed by atoms with Crippen molar-refractivity contribution in [1.29, 1.82) is 0 Å². The summed E-state index contributed by atoms with van der Waals surface area (Å²) in [4.78, 5) is 2.19. The molecule has 196 valence electrons. The van der Waals surface area contributed by atoms with Crippen molar-refractivity contribution in [3.63, 3.8) is 0 Å². The van der Waals surface area contributed by atoms with E-state index in [1.807, 2.05) is 30.3 Å². The molecule has 41 heavy (non-hydrogen) atoms. The number of nitrogens with zero attached hydrogens (tertiary/aromatic N) is 1. The molecule has 0 amide bonds. The molecule has 8 rings (SSSR count). The molecule has 0 saturated carbocycles. The SMILES string of the molecule is CC1(C)c2cc3cc(N(c4ccccc4)c4ccc(F)cc4)ccc3cc2-c2c1c1ccccc1c1ccccc21. The van der Waals surface area contributed by atoms with Gasteiger partial charge in [0.2, 0.25) is 0 Å². The van der Waals surface area contributed by atoms with Crippen LogP contribution >= 0.6 is 0 Å². The van der Waals surface area contributed by atoms with E-state index in [1.165, 1.54) is 66.7 Å². The molecule has 1 nitrogen and oxygen atoms in total. The molecule has 0 unspecified atom stereocenters. The van der Waals surface area contributed by atoms with Gasteiger partial charge in [0.15, 0.2) is 0 Å². The number of para-hydroxylation sites is 1. The third-order valence-corrected chi connectivity index (χ3v) is 8.82. The van der Waals surface area contributed by atoms with Crippen LogP contribution in [0.2, 0.25) is 0 Å². The molecule has 2 heteroatoms. The lowest BCUT2D eigenvalue weighted by atomic mass is 9.79. The fourth-order valence-electron chi connectivity index (χ4n) is 6.97. The summed E-state index contributed by atoms with van der Waals surface area (Å²) in [6.45, 7) is 4.73. The molecule has 0 saturated heterocycles. The van der Waals surface area contributed by atoms with Crippen LogP contribution in [0.15, 0.2) is 133 Å². The predicted octanol–water partition coefficient (Wildman–Crippen LogP) is 11.1. The standard InChI is InChI=1S/C39H28FN/c1-39(2)36-24-26-22-30(41(28-10-4-3-5-11-28)29-20-17-27(40)18-21-29)19-16-25(26)23-35(36)37-33-14-8-6-12-31(33)32-13-7-9-15-34(32)38(37)39/h3-24H,1-2H3. The molecule has 0 atom stereocenters. The molecule has 0 aromatic heterocycles. The summed E-state index contributed by atoms with van der Waals surface area (Å²) in [6.07, 6.45) is 0. The Bertz CT molecular complexity index is 2120. The average Bonchev–Trinajstić information content (AvgIpc) is 3.24. The highest BCUT2D eigenvalue weighted by molar-refractivity contribution is 6.19. The number of fused-ring (bicyclic) bond motifs is 9. The zero-order chi connectivity index (χ0) is 27.7. The monoisotopic (exact) mass is 529 g/mol. The Morgan fingerprint density at radius 3 is 1.83 bits per heavy atom. The minimum Gasteiger partial charge on any atom is -0.310 e. The van der Waals surface area contributed by atoms with Crippen molar-refractivity contribution in [3.8, 4) is 11.1 Å². The molecule has 0 heterocycles. The Balaban J connectivity index is 1.37. The summed E-state index contributed by atoms with van der Waals surface area (Å²) < 4.78 is 13.9. The van der Waals surface area contributed by atoms with E-state index in [1.54, 1.807) is 0 Å². The summed E-state index contributed by atoms with van der Waals surface area (Å²) >= 11 is 0. The molecule has 0 fully saturated rings. The second-order valence-electron chi connectivity index (χ2n) is 11.5. The van der Waals surface area contributed by atoms with Crippen molar-refractivity contribution in [2.45, 2.75) is 19.3 Å². The number of rotatable bonds is 3. The Kier molecular flexibility index (Phi) is 5.11. The number of anilines is 3. The molecule has 0 bridgehead atoms. The van der Waals surface area contributed by atoms with Crippen LogP contribution in [-0.2, 0) is 5.41 Å². The van der Waals surface area contributed by atoms with Gasteiger partial charge >= 0.3 is 0 Å². The molecular weight excluding hydrogens is 501 g/mol. The summed E-state index contributed by atoms with van der Waals surface area (Å²) in [5, 5.41) is 7.67. The molecule has 7 aromatic carbocycles. The summed E-state index contributed by atoms with van der Waals surface area (Å²) in [5.74, 6) is -0.238. The first kappa shape index (κ1) is 23.9. The van der Waals surface area contributed by atoms with Crippen LogP contribution in [0.3, 0.4) is 0 Å². The summed E-state index contributed by atoms with van der Waals surface area (Å²) in [6, 6.07) is 46.1. The Morgan fingerprint density at radius 1 is 0.512 bits per heavy atom. The topological polar surface area (TPSA) is 3.24 Å². The number of hydrogen-bond donors (Lipinski definition) is 0. The van der Waals surface area contributed by atoms with E-state index in [4.69, 9.17) is 0 Å². The van der Waals surface area contributed by atoms with E-state index in [0.29, 0.717) is 0 Å². The van der Waals surface area contributed by atoms with Crippen molar-refractivity contribution >= 4 is 49.4 Å². The van der Waals surface area contributed by atoms with Gasteiger partial charge in [0.1, 0.15) is 5.82 Å². The maximum absolute atomic E-state index is 13.9. The first-order chi connectivity index (χ1) is 20.0. The fourth-order valence-corrected chi connectivity index (χ4v) is 6.97. The molecule has 0 spiro atoms. The smallest absolute Gasteiger partial charge is 0.123 e. The molecule has 0 radical (unpaired) electrons. The summed E-state index contributed by atoms with van der Waals surface area (Å²) in [5.41, 5.74) is 8.29. The van der Waals surface area contributed by atoms with Gasteiger partial charge in [-0.05, 0) is 115 Å². The van der Waals surface area contributed by atoms with Crippen LogP contribution in [0.25, 0.3) is 43.4 Å². The first-order valence-electron chi connectivity index (χ1n) is 14.1. The predicted molar refractivity (Wildman–Crippen MR) is 171 cm³/mol. The van der Waals surface area contributed by atoms with Gasteiger partial charge in [-0.15, -0.1) is 0 Å². The lowest BCUT2D eigenvalue weighted by Gasteiger charge is -2.26. The van der Waals surface area contributed by atoms with E-state index >= 15 is 0 Å². The van der Waals surface area contributed by atoms with Gasteiger partial charge in [-0.2, -0.15) is 0 Å². The highest BCUT2D eigenvalue weighted by Crippen LogP contribution is 2.55. The first-order valence-corrected chi connectivity index (χ1v) is 14.1. The highest BCUT2D eigenvalue weighted by Gasteiger charge is 2.38. The largest absolute Gasteiger partial charge is 0.310 e. The Labute approximate surface area is 239 Å². The summed E-state index contributed by atoms with van der Waals surface area (Å²) in [7, 11) is 0.